The van der Waals surface area contributed by atoms with Gasteiger partial charge >= 0.3 is 11.7 Å². The van der Waals surface area contributed by atoms with Crippen LogP contribution >= 0.6 is 0 Å². The predicted molar refractivity (Wildman–Crippen MR) is 68.0 cm³/mol. The SMILES string of the molecule is CCn1cc(Oc2cc(F)c(C(=O)O)cc2[N+](=O)[O-])cn1. The number of carboxylic acids is 1. The number of nitro groups is 1. The molecule has 0 radical (unpaired) electrons. The Morgan fingerprint density at radius 3 is 2.81 bits per heavy atom. The molecule has 2 aromatic rings. The van der Waals surface area contributed by atoms with Gasteiger partial charge in [0.25, 0.3) is 0 Å². The first kappa shape index (κ1) is 14.4. The van der Waals surface area contributed by atoms with E-state index >= 15 is 0 Å². The Morgan fingerprint density at radius 1 is 1.57 bits per heavy atom. The fraction of sp³-hybridized carbons (Fsp3) is 0.167. The van der Waals surface area contributed by atoms with Crippen LogP contribution in [0.15, 0.2) is 24.5 Å². The van der Waals surface area contributed by atoms with Crippen molar-refractivity contribution in [3.8, 4) is 11.5 Å². The molecule has 1 N–H and O–H groups in total. The first-order valence-electron chi connectivity index (χ1n) is 5.84. The summed E-state index contributed by atoms with van der Waals surface area (Å²) < 4.78 is 20.3. The van der Waals surface area contributed by atoms with Gasteiger partial charge in [-0.2, -0.15) is 5.10 Å². The smallest absolute Gasteiger partial charge is 0.338 e. The highest BCUT2D eigenvalue weighted by molar-refractivity contribution is 5.89. The molecule has 1 aromatic carbocycles. The summed E-state index contributed by atoms with van der Waals surface area (Å²) in [4.78, 5) is 20.9. The van der Waals surface area contributed by atoms with E-state index < -0.39 is 33.7 Å². The average Bonchev–Trinajstić information content (AvgIpc) is 2.85. The fourth-order valence-electron chi connectivity index (χ4n) is 1.63. The van der Waals surface area contributed by atoms with Gasteiger partial charge < -0.3 is 9.84 Å². The summed E-state index contributed by atoms with van der Waals surface area (Å²) >= 11 is 0. The van der Waals surface area contributed by atoms with Crippen molar-refractivity contribution < 1.29 is 24.0 Å². The van der Waals surface area contributed by atoms with Crippen molar-refractivity contribution >= 4 is 11.7 Å². The number of benzene rings is 1. The molecule has 0 saturated heterocycles. The molecule has 1 heterocycles. The van der Waals surface area contributed by atoms with E-state index in [1.807, 2.05) is 6.92 Å². The summed E-state index contributed by atoms with van der Waals surface area (Å²) in [5, 5.41) is 23.6. The van der Waals surface area contributed by atoms with Gasteiger partial charge in [0.15, 0.2) is 5.75 Å². The number of carboxylic acid groups (broad SMARTS) is 1. The standard InChI is InChI=1S/C12H10FN3O5/c1-2-15-6-7(5-14-15)21-11-4-9(13)8(12(17)18)3-10(11)16(19)20/h3-6H,2H2,1H3,(H,17,18). The van der Waals surface area contributed by atoms with Crippen LogP contribution in [0.3, 0.4) is 0 Å². The summed E-state index contributed by atoms with van der Waals surface area (Å²) in [7, 11) is 0. The Hall–Kier alpha value is -2.97. The van der Waals surface area contributed by atoms with Crippen LogP contribution in [0.2, 0.25) is 0 Å². The van der Waals surface area contributed by atoms with Gasteiger partial charge in [0.2, 0.25) is 5.75 Å². The van der Waals surface area contributed by atoms with E-state index in [-0.39, 0.29) is 5.75 Å². The minimum Gasteiger partial charge on any atom is -0.478 e. The van der Waals surface area contributed by atoms with Crippen molar-refractivity contribution in [2.24, 2.45) is 0 Å². The van der Waals surface area contributed by atoms with Crippen LogP contribution in [0.5, 0.6) is 11.5 Å². The maximum absolute atomic E-state index is 13.6. The van der Waals surface area contributed by atoms with E-state index in [0.717, 1.165) is 0 Å². The van der Waals surface area contributed by atoms with Gasteiger partial charge in [-0.1, -0.05) is 0 Å². The maximum Gasteiger partial charge on any atom is 0.338 e. The molecular weight excluding hydrogens is 285 g/mol. The molecule has 0 unspecified atom stereocenters. The van der Waals surface area contributed by atoms with Gasteiger partial charge in [-0.05, 0) is 6.92 Å². The Kier molecular flexibility index (Phi) is 3.83. The molecule has 9 heteroatoms. The van der Waals surface area contributed by atoms with Crippen LogP contribution < -0.4 is 4.74 Å². The lowest BCUT2D eigenvalue weighted by Gasteiger charge is -2.05. The van der Waals surface area contributed by atoms with E-state index in [4.69, 9.17) is 9.84 Å². The van der Waals surface area contributed by atoms with E-state index in [1.54, 1.807) is 0 Å². The first-order chi connectivity index (χ1) is 9.92. The Balaban J connectivity index is 2.44. The van der Waals surface area contributed by atoms with Crippen molar-refractivity contribution in [2.75, 3.05) is 0 Å². The second-order valence-electron chi connectivity index (χ2n) is 4.00. The van der Waals surface area contributed by atoms with E-state index in [1.165, 1.54) is 17.1 Å². The van der Waals surface area contributed by atoms with Gasteiger partial charge in [0, 0.05) is 18.7 Å². The summed E-state index contributed by atoms with van der Waals surface area (Å²) in [5.41, 5.74) is -1.43. The molecule has 0 atom stereocenters. The largest absolute Gasteiger partial charge is 0.478 e. The number of hydrogen-bond donors (Lipinski definition) is 1. The number of aromatic nitrogens is 2. The van der Waals surface area contributed by atoms with E-state index in [9.17, 15) is 19.3 Å². The van der Waals surface area contributed by atoms with Gasteiger partial charge in [-0.15, -0.1) is 0 Å². The number of nitrogens with zero attached hydrogens (tertiary/aromatic N) is 3. The zero-order chi connectivity index (χ0) is 15.6. The highest BCUT2D eigenvalue weighted by Crippen LogP contribution is 2.33. The minimum atomic E-state index is -1.60. The molecule has 0 fully saturated rings. The van der Waals surface area contributed by atoms with Crippen LogP contribution in [-0.4, -0.2) is 25.8 Å². The zero-order valence-electron chi connectivity index (χ0n) is 10.8. The highest BCUT2D eigenvalue weighted by Gasteiger charge is 2.23. The summed E-state index contributed by atoms with van der Waals surface area (Å²) in [6.07, 6.45) is 2.79. The Labute approximate surface area is 117 Å². The van der Waals surface area contributed by atoms with Crippen molar-refractivity contribution in [1.29, 1.82) is 0 Å². The Morgan fingerprint density at radius 2 is 2.29 bits per heavy atom. The summed E-state index contributed by atoms with van der Waals surface area (Å²) in [6.45, 7) is 2.40. The molecule has 0 amide bonds. The third kappa shape index (κ3) is 2.96. The van der Waals surface area contributed by atoms with Crippen molar-refractivity contribution in [2.45, 2.75) is 13.5 Å². The third-order valence-electron chi connectivity index (χ3n) is 2.64. The maximum atomic E-state index is 13.6. The number of carbonyl (C=O) groups is 1. The molecular formula is C12H10FN3O5. The predicted octanol–water partition coefficient (Wildman–Crippen LogP) is 2.44. The number of nitro benzene ring substituents is 1. The topological polar surface area (TPSA) is 107 Å². The number of halogens is 1. The quantitative estimate of drug-likeness (QED) is 0.670. The van der Waals surface area contributed by atoms with E-state index in [0.29, 0.717) is 18.7 Å². The molecule has 1 aromatic heterocycles. The first-order valence-corrected chi connectivity index (χ1v) is 5.84. The van der Waals surface area contributed by atoms with Crippen LogP contribution in [0.25, 0.3) is 0 Å². The minimum absolute atomic E-state index is 0.183. The number of hydrogen-bond acceptors (Lipinski definition) is 5. The van der Waals surface area contributed by atoms with Crippen molar-refractivity contribution in [3.05, 3.63) is 46.0 Å². The molecule has 0 saturated carbocycles. The molecule has 0 spiro atoms. The third-order valence-corrected chi connectivity index (χ3v) is 2.64. The lowest BCUT2D eigenvalue weighted by Crippen LogP contribution is -2.03. The molecule has 0 aliphatic carbocycles. The van der Waals surface area contributed by atoms with Crippen LogP contribution in [-0.2, 0) is 6.54 Å². The molecule has 110 valence electrons. The molecule has 0 aliphatic heterocycles. The van der Waals surface area contributed by atoms with Crippen LogP contribution in [0.1, 0.15) is 17.3 Å². The monoisotopic (exact) mass is 295 g/mol. The normalized spacial score (nSPS) is 10.4. The molecule has 0 aliphatic rings. The Bertz CT molecular complexity index is 713. The van der Waals surface area contributed by atoms with Crippen molar-refractivity contribution in [3.63, 3.8) is 0 Å². The molecule has 21 heavy (non-hydrogen) atoms. The summed E-state index contributed by atoms with van der Waals surface area (Å²) in [5.74, 6) is -2.92. The summed E-state index contributed by atoms with van der Waals surface area (Å²) in [6, 6.07) is 1.29. The lowest BCUT2D eigenvalue weighted by molar-refractivity contribution is -0.385. The van der Waals surface area contributed by atoms with Crippen LogP contribution in [0.4, 0.5) is 10.1 Å². The van der Waals surface area contributed by atoms with E-state index in [2.05, 4.69) is 5.10 Å². The number of aromatic carboxylic acids is 1. The second-order valence-corrected chi connectivity index (χ2v) is 4.00. The number of rotatable bonds is 5. The average molecular weight is 295 g/mol. The lowest BCUT2D eigenvalue weighted by atomic mass is 10.1. The molecule has 0 bridgehead atoms. The molecule has 8 nitrogen and oxygen atoms in total. The van der Waals surface area contributed by atoms with Gasteiger partial charge in [0.05, 0.1) is 17.3 Å². The number of aryl methyl sites for hydroxylation is 1. The van der Waals surface area contributed by atoms with Gasteiger partial charge in [-0.3, -0.25) is 14.8 Å². The highest BCUT2D eigenvalue weighted by atomic mass is 19.1. The number of ether oxygens (including phenoxy) is 1. The van der Waals surface area contributed by atoms with Crippen LogP contribution in [0, 0.1) is 15.9 Å². The zero-order valence-corrected chi connectivity index (χ0v) is 10.8. The van der Waals surface area contributed by atoms with Gasteiger partial charge in [-0.25, -0.2) is 9.18 Å². The fourth-order valence-corrected chi connectivity index (χ4v) is 1.63. The second kappa shape index (κ2) is 5.57. The van der Waals surface area contributed by atoms with Gasteiger partial charge in [0.1, 0.15) is 11.4 Å². The molecule has 2 rings (SSSR count). The van der Waals surface area contributed by atoms with Crippen molar-refractivity contribution in [1.82, 2.24) is 9.78 Å².